The summed E-state index contributed by atoms with van der Waals surface area (Å²) in [5.41, 5.74) is 0. The molecule has 0 aromatic carbocycles. The Labute approximate surface area is 169 Å². The van der Waals surface area contributed by atoms with E-state index in [0.717, 1.165) is 0 Å². The molecule has 1 fully saturated rings. The predicted molar refractivity (Wildman–Crippen MR) is 96.5 cm³/mol. The van der Waals surface area contributed by atoms with E-state index in [1.165, 1.54) is 38.2 Å². The third-order valence-corrected chi connectivity index (χ3v) is 2.49. The molecule has 1 aromatic rings. The Morgan fingerprint density at radius 3 is 1.91 bits per heavy atom. The van der Waals surface area contributed by atoms with Gasteiger partial charge in [0.25, 0.3) is 0 Å². The molecule has 1 saturated carbocycles. The van der Waals surface area contributed by atoms with Gasteiger partial charge in [-0.3, -0.25) is 0 Å². The first-order chi connectivity index (χ1) is 8.89. The summed E-state index contributed by atoms with van der Waals surface area (Å²) in [6.07, 6.45) is 20.1. The van der Waals surface area contributed by atoms with Crippen LogP contribution in [0, 0.1) is 18.7 Å². The molecule has 0 saturated heterocycles. The monoisotopic (exact) mass is 527 g/mol. The van der Waals surface area contributed by atoms with Crippen LogP contribution in [0.3, 0.4) is 0 Å². The largest absolute Gasteiger partial charge is 0.394 e. The molecule has 0 aliphatic heterocycles. The Morgan fingerprint density at radius 1 is 1.09 bits per heavy atom. The third-order valence-electron chi connectivity index (χ3n) is 2.49. The van der Waals surface area contributed by atoms with E-state index in [2.05, 4.69) is 23.7 Å². The fraction of sp³-hybridized carbons (Fsp3) is 0.375. The number of nitrogens with zero attached hydrogens (tertiary/aromatic N) is 1. The third kappa shape index (κ3) is 20.2. The van der Waals surface area contributed by atoms with Crippen LogP contribution in [0.4, 0.5) is 4.39 Å². The van der Waals surface area contributed by atoms with E-state index < -0.39 is 0 Å². The molecule has 0 unspecified atom stereocenters. The fourth-order valence-electron chi connectivity index (χ4n) is 1.55. The first kappa shape index (κ1) is 30.1. The van der Waals surface area contributed by atoms with Gasteiger partial charge in [-0.1, -0.05) is 31.7 Å². The SMILES string of the molecule is Cl.Cl.FC1=[C-]CC=C1.[CH-]1CCCCC1.[Hf].[SiH3].[c-]1ccccn1. The predicted octanol–water partition coefficient (Wildman–Crippen LogP) is 4.30. The van der Waals surface area contributed by atoms with Crippen LogP contribution < -0.4 is 0 Å². The number of aromatic nitrogens is 1. The van der Waals surface area contributed by atoms with E-state index >= 15 is 0 Å². The van der Waals surface area contributed by atoms with Gasteiger partial charge in [0.15, 0.2) is 0 Å². The van der Waals surface area contributed by atoms with Crippen molar-refractivity contribution in [3.63, 3.8) is 0 Å². The molecular weight excluding hydrogens is 503 g/mol. The summed E-state index contributed by atoms with van der Waals surface area (Å²) in [6.45, 7) is 0. The Balaban J connectivity index is -0.000000101. The van der Waals surface area contributed by atoms with E-state index in [0.29, 0.717) is 6.42 Å². The quantitative estimate of drug-likeness (QED) is 0.363. The molecule has 1 nitrogen and oxygen atoms in total. The van der Waals surface area contributed by atoms with Crippen molar-refractivity contribution in [1.82, 2.24) is 4.98 Å². The average molecular weight is 527 g/mol. The minimum Gasteiger partial charge on any atom is -0.394 e. The second kappa shape index (κ2) is 23.5. The Kier molecular flexibility index (Phi) is 32.2. The summed E-state index contributed by atoms with van der Waals surface area (Å²) in [6, 6.07) is 5.50. The van der Waals surface area contributed by atoms with Crippen LogP contribution in [-0.4, -0.2) is 15.9 Å². The van der Waals surface area contributed by atoms with Gasteiger partial charge in [0.1, 0.15) is 0 Å². The van der Waals surface area contributed by atoms with Crippen LogP contribution in [-0.2, 0) is 25.8 Å². The van der Waals surface area contributed by atoms with Gasteiger partial charge in [-0.05, 0) is 16.8 Å². The number of halogens is 3. The van der Waals surface area contributed by atoms with Crippen molar-refractivity contribution in [2.45, 2.75) is 38.5 Å². The van der Waals surface area contributed by atoms with E-state index in [-0.39, 0.29) is 67.4 Å². The second-order valence-corrected chi connectivity index (χ2v) is 4.02. The molecular formula is C16H24Cl2FHfNSi-3. The van der Waals surface area contributed by atoms with Crippen molar-refractivity contribution >= 4 is 35.8 Å². The summed E-state index contributed by atoms with van der Waals surface area (Å²) in [4.78, 5) is 3.66. The standard InChI is InChI=1S/C6H11.C5H4F.C5H4N.2ClH.Hf.H3Si/c1-2-4-6-5-3-1;6-5-3-1-2-4-5;1-2-4-6-5-3-1;;;;/h1H,2-6H2;1,3H,2H2;1-4H;2*1H;;1H3/q3*-1;;;;. The summed E-state index contributed by atoms with van der Waals surface area (Å²) < 4.78 is 11.6. The molecule has 0 N–H and O–H groups in total. The summed E-state index contributed by atoms with van der Waals surface area (Å²) in [7, 11) is 0. The second-order valence-electron chi connectivity index (χ2n) is 4.02. The van der Waals surface area contributed by atoms with Gasteiger partial charge < -0.3 is 11.4 Å². The van der Waals surface area contributed by atoms with E-state index in [9.17, 15) is 4.39 Å². The molecule has 0 bridgehead atoms. The molecule has 2 aliphatic carbocycles. The zero-order chi connectivity index (χ0) is 12.9. The first-order valence-electron chi connectivity index (χ1n) is 6.41. The minimum absolute atomic E-state index is 0. The first-order valence-corrected chi connectivity index (χ1v) is 6.41. The molecule has 3 rings (SSSR count). The maximum Gasteiger partial charge on any atom is 0 e. The van der Waals surface area contributed by atoms with Gasteiger partial charge in [0.2, 0.25) is 0 Å². The maximum atomic E-state index is 11.6. The fourth-order valence-corrected chi connectivity index (χ4v) is 1.55. The van der Waals surface area contributed by atoms with Gasteiger partial charge in [0, 0.05) is 25.8 Å². The molecule has 1 radical (unpaired) electrons. The number of hydrogen-bond acceptors (Lipinski definition) is 1. The summed E-state index contributed by atoms with van der Waals surface area (Å²) >= 11 is 0. The Hall–Kier alpha value is 0.227. The molecule has 6 heteroatoms. The Bertz CT molecular complexity index is 319. The zero-order valence-electron chi connectivity index (χ0n) is 12.9. The number of hydrogen-bond donors (Lipinski definition) is 0. The van der Waals surface area contributed by atoms with Gasteiger partial charge >= 0.3 is 0 Å². The molecule has 22 heavy (non-hydrogen) atoms. The molecule has 0 atom stereocenters. The van der Waals surface area contributed by atoms with Gasteiger partial charge in [-0.2, -0.15) is 43.2 Å². The molecule has 1 heterocycles. The van der Waals surface area contributed by atoms with E-state index in [1.807, 2.05) is 12.1 Å². The van der Waals surface area contributed by atoms with Gasteiger partial charge in [-0.25, -0.2) is 10.5 Å². The van der Waals surface area contributed by atoms with Crippen LogP contribution >= 0.6 is 24.8 Å². The number of rotatable bonds is 0. The van der Waals surface area contributed by atoms with Crippen molar-refractivity contribution in [1.29, 1.82) is 0 Å². The average Bonchev–Trinajstić information content (AvgIpc) is 2.95. The van der Waals surface area contributed by atoms with Crippen molar-refractivity contribution in [3.8, 4) is 0 Å². The normalized spacial score (nSPS) is 13.8. The van der Waals surface area contributed by atoms with E-state index in [4.69, 9.17) is 0 Å². The van der Waals surface area contributed by atoms with Crippen molar-refractivity contribution in [2.75, 3.05) is 0 Å². The molecule has 125 valence electrons. The zero-order valence-corrected chi connectivity index (χ0v) is 20.2. The van der Waals surface area contributed by atoms with Crippen molar-refractivity contribution in [3.05, 3.63) is 61.1 Å². The van der Waals surface area contributed by atoms with Crippen LogP contribution in [0.2, 0.25) is 0 Å². The van der Waals surface area contributed by atoms with Gasteiger partial charge in [0.05, 0.1) is 0 Å². The van der Waals surface area contributed by atoms with Crippen LogP contribution in [0.15, 0.2) is 42.4 Å². The van der Waals surface area contributed by atoms with Crippen LogP contribution in [0.5, 0.6) is 0 Å². The number of allylic oxidation sites excluding steroid dienone is 4. The molecule has 0 spiro atoms. The van der Waals surface area contributed by atoms with Gasteiger partial charge in [-0.15, -0.1) is 31.2 Å². The minimum atomic E-state index is -0.227. The van der Waals surface area contributed by atoms with Crippen LogP contribution in [0.1, 0.15) is 38.5 Å². The summed E-state index contributed by atoms with van der Waals surface area (Å²) in [5, 5.41) is 0. The summed E-state index contributed by atoms with van der Waals surface area (Å²) in [5.74, 6) is -0.227. The van der Waals surface area contributed by atoms with Crippen molar-refractivity contribution in [2.24, 2.45) is 0 Å². The number of pyridine rings is 1. The maximum absolute atomic E-state index is 11.6. The van der Waals surface area contributed by atoms with Crippen molar-refractivity contribution < 1.29 is 30.2 Å². The Morgan fingerprint density at radius 2 is 1.77 bits per heavy atom. The molecule has 2 aliphatic rings. The topological polar surface area (TPSA) is 12.9 Å². The smallest absolute Gasteiger partial charge is 0 e. The molecule has 1 aromatic heterocycles. The van der Waals surface area contributed by atoms with E-state index in [1.54, 1.807) is 18.3 Å². The molecule has 0 amide bonds. The van der Waals surface area contributed by atoms with Crippen LogP contribution in [0.25, 0.3) is 0 Å².